The number of alkyl halides is 1. The summed E-state index contributed by atoms with van der Waals surface area (Å²) in [5.41, 5.74) is 1.71. The lowest BCUT2D eigenvalue weighted by Gasteiger charge is -2.24. The lowest BCUT2D eigenvalue weighted by Crippen LogP contribution is -2.23. The second kappa shape index (κ2) is 5.50. The van der Waals surface area contributed by atoms with Gasteiger partial charge in [-0.25, -0.2) is 4.39 Å². The molecule has 3 heteroatoms. The molecule has 0 amide bonds. The second-order valence-electron chi connectivity index (χ2n) is 4.15. The van der Waals surface area contributed by atoms with Gasteiger partial charge in [-0.15, -0.1) is 0 Å². The molecular weight excluding hydrogens is 257 g/mol. The summed E-state index contributed by atoms with van der Waals surface area (Å²) >= 11 is 3.33. The van der Waals surface area contributed by atoms with Gasteiger partial charge >= 0.3 is 0 Å². The minimum atomic E-state index is -0.139. The van der Waals surface area contributed by atoms with Crippen molar-refractivity contribution >= 4 is 21.6 Å². The van der Waals surface area contributed by atoms with Crippen molar-refractivity contribution < 1.29 is 4.39 Å². The Morgan fingerprint density at radius 1 is 1.40 bits per heavy atom. The van der Waals surface area contributed by atoms with Gasteiger partial charge in [0.1, 0.15) is 5.82 Å². The van der Waals surface area contributed by atoms with Crippen molar-refractivity contribution in [3.05, 3.63) is 29.6 Å². The van der Waals surface area contributed by atoms with Crippen molar-refractivity contribution in [3.8, 4) is 0 Å². The molecule has 0 aromatic heterocycles. The fourth-order valence-electron chi connectivity index (χ4n) is 1.68. The molecule has 0 bridgehead atoms. The maximum atomic E-state index is 13.5. The summed E-state index contributed by atoms with van der Waals surface area (Å²) in [6, 6.07) is 5.22. The third-order valence-corrected chi connectivity index (χ3v) is 2.84. The first-order chi connectivity index (χ1) is 7.06. The van der Waals surface area contributed by atoms with Crippen LogP contribution in [0.25, 0.3) is 0 Å². The molecular formula is C12H17BrFN. The molecule has 0 aliphatic heterocycles. The highest BCUT2D eigenvalue weighted by Crippen LogP contribution is 2.25. The molecule has 1 aromatic rings. The summed E-state index contributed by atoms with van der Waals surface area (Å²) in [7, 11) is 2.00. The Morgan fingerprint density at radius 3 is 2.60 bits per heavy atom. The molecule has 0 atom stereocenters. The van der Waals surface area contributed by atoms with Crippen LogP contribution in [0, 0.1) is 11.7 Å². The van der Waals surface area contributed by atoms with Gasteiger partial charge < -0.3 is 4.90 Å². The molecule has 0 spiro atoms. The van der Waals surface area contributed by atoms with E-state index >= 15 is 0 Å². The van der Waals surface area contributed by atoms with Gasteiger partial charge in [0.2, 0.25) is 0 Å². The Hall–Kier alpha value is -0.570. The van der Waals surface area contributed by atoms with E-state index in [1.54, 1.807) is 6.07 Å². The third-order valence-electron chi connectivity index (χ3n) is 2.28. The van der Waals surface area contributed by atoms with Crippen molar-refractivity contribution in [1.29, 1.82) is 0 Å². The molecule has 0 unspecified atom stereocenters. The predicted octanol–water partition coefficient (Wildman–Crippen LogP) is 3.81. The summed E-state index contributed by atoms with van der Waals surface area (Å²) in [6.45, 7) is 5.25. The van der Waals surface area contributed by atoms with Crippen LogP contribution in [0.3, 0.4) is 0 Å². The van der Waals surface area contributed by atoms with Crippen LogP contribution < -0.4 is 4.90 Å². The van der Waals surface area contributed by atoms with Gasteiger partial charge in [-0.3, -0.25) is 0 Å². The summed E-state index contributed by atoms with van der Waals surface area (Å²) in [5.74, 6) is 0.432. The Labute approximate surface area is 99.4 Å². The lowest BCUT2D eigenvalue weighted by atomic mass is 10.1. The Balaban J connectivity index is 2.97. The van der Waals surface area contributed by atoms with E-state index in [1.807, 2.05) is 13.1 Å². The van der Waals surface area contributed by atoms with Crippen LogP contribution in [-0.2, 0) is 5.33 Å². The van der Waals surface area contributed by atoms with Crippen LogP contribution in [0.2, 0.25) is 0 Å². The first-order valence-electron chi connectivity index (χ1n) is 5.10. The van der Waals surface area contributed by atoms with Crippen LogP contribution in [0.5, 0.6) is 0 Å². The first-order valence-corrected chi connectivity index (χ1v) is 6.23. The first kappa shape index (κ1) is 12.5. The third kappa shape index (κ3) is 3.20. The molecule has 1 aromatic carbocycles. The monoisotopic (exact) mass is 273 g/mol. The summed E-state index contributed by atoms with van der Waals surface area (Å²) < 4.78 is 13.5. The number of rotatable bonds is 4. The number of halogens is 2. The normalized spacial score (nSPS) is 10.8. The molecule has 0 aliphatic carbocycles. The van der Waals surface area contributed by atoms with Crippen molar-refractivity contribution in [2.45, 2.75) is 19.2 Å². The fourth-order valence-corrected chi connectivity index (χ4v) is 2.24. The van der Waals surface area contributed by atoms with E-state index in [9.17, 15) is 4.39 Å². The zero-order valence-electron chi connectivity index (χ0n) is 9.43. The predicted molar refractivity (Wildman–Crippen MR) is 67.1 cm³/mol. The molecule has 84 valence electrons. The van der Waals surface area contributed by atoms with Crippen LogP contribution in [0.15, 0.2) is 18.2 Å². The Kier molecular flexibility index (Phi) is 4.58. The molecule has 0 saturated heterocycles. The van der Waals surface area contributed by atoms with E-state index in [0.717, 1.165) is 17.8 Å². The highest BCUT2D eigenvalue weighted by Gasteiger charge is 2.11. The quantitative estimate of drug-likeness (QED) is 0.754. The van der Waals surface area contributed by atoms with Crippen LogP contribution in [0.1, 0.15) is 19.4 Å². The highest BCUT2D eigenvalue weighted by molar-refractivity contribution is 9.08. The van der Waals surface area contributed by atoms with Crippen molar-refractivity contribution in [2.75, 3.05) is 18.5 Å². The van der Waals surface area contributed by atoms with Gasteiger partial charge in [-0.05, 0) is 18.1 Å². The van der Waals surface area contributed by atoms with E-state index in [4.69, 9.17) is 0 Å². The topological polar surface area (TPSA) is 3.24 Å². The maximum Gasteiger partial charge on any atom is 0.129 e. The zero-order valence-corrected chi connectivity index (χ0v) is 11.0. The smallest absolute Gasteiger partial charge is 0.129 e. The standard InChI is InChI=1S/C12H17BrFN/c1-9(2)8-15(3)12-6-4-5-11(14)10(12)7-13/h4-6,9H,7-8H2,1-3H3. The molecule has 0 fully saturated rings. The van der Waals surface area contributed by atoms with Crippen molar-refractivity contribution in [2.24, 2.45) is 5.92 Å². The molecule has 0 saturated carbocycles. The van der Waals surface area contributed by atoms with E-state index in [1.165, 1.54) is 6.07 Å². The SMILES string of the molecule is CC(C)CN(C)c1cccc(F)c1CBr. The zero-order chi connectivity index (χ0) is 11.4. The molecule has 15 heavy (non-hydrogen) atoms. The van der Waals surface area contributed by atoms with Crippen molar-refractivity contribution in [3.63, 3.8) is 0 Å². The number of hydrogen-bond donors (Lipinski definition) is 0. The van der Waals surface area contributed by atoms with Gasteiger partial charge in [-0.1, -0.05) is 35.8 Å². The Bertz CT molecular complexity index is 325. The minimum Gasteiger partial charge on any atom is -0.374 e. The highest BCUT2D eigenvalue weighted by atomic mass is 79.9. The molecule has 0 heterocycles. The summed E-state index contributed by atoms with van der Waals surface area (Å²) in [6.07, 6.45) is 0. The van der Waals surface area contributed by atoms with Gasteiger partial charge in [0, 0.05) is 30.2 Å². The number of anilines is 1. The summed E-state index contributed by atoms with van der Waals surface area (Å²) in [4.78, 5) is 2.10. The fraction of sp³-hybridized carbons (Fsp3) is 0.500. The molecule has 0 N–H and O–H groups in total. The van der Waals surface area contributed by atoms with E-state index < -0.39 is 0 Å². The minimum absolute atomic E-state index is 0.139. The maximum absolute atomic E-state index is 13.5. The van der Waals surface area contributed by atoms with E-state index in [-0.39, 0.29) is 5.82 Å². The van der Waals surface area contributed by atoms with Crippen LogP contribution in [-0.4, -0.2) is 13.6 Å². The molecule has 0 aliphatic rings. The van der Waals surface area contributed by atoms with E-state index in [2.05, 4.69) is 34.7 Å². The van der Waals surface area contributed by atoms with Gasteiger partial charge in [0.15, 0.2) is 0 Å². The summed E-state index contributed by atoms with van der Waals surface area (Å²) in [5, 5.41) is 0.553. The van der Waals surface area contributed by atoms with Gasteiger partial charge in [0.25, 0.3) is 0 Å². The number of hydrogen-bond acceptors (Lipinski definition) is 1. The van der Waals surface area contributed by atoms with Gasteiger partial charge in [0.05, 0.1) is 0 Å². The van der Waals surface area contributed by atoms with Crippen molar-refractivity contribution in [1.82, 2.24) is 0 Å². The second-order valence-corrected chi connectivity index (χ2v) is 4.71. The largest absolute Gasteiger partial charge is 0.374 e. The Morgan fingerprint density at radius 2 is 2.07 bits per heavy atom. The molecule has 0 radical (unpaired) electrons. The molecule has 1 rings (SSSR count). The number of benzene rings is 1. The lowest BCUT2D eigenvalue weighted by molar-refractivity contribution is 0.610. The van der Waals surface area contributed by atoms with Gasteiger partial charge in [-0.2, -0.15) is 0 Å². The average molecular weight is 274 g/mol. The van der Waals surface area contributed by atoms with Crippen LogP contribution >= 0.6 is 15.9 Å². The van der Waals surface area contributed by atoms with Crippen LogP contribution in [0.4, 0.5) is 10.1 Å². The van der Waals surface area contributed by atoms with E-state index in [0.29, 0.717) is 11.2 Å². The average Bonchev–Trinajstić information content (AvgIpc) is 2.16. The number of nitrogens with zero attached hydrogens (tertiary/aromatic N) is 1. The molecule has 1 nitrogen and oxygen atoms in total.